The normalized spacial score (nSPS) is 14.5. The molecule has 0 unspecified atom stereocenters. The Morgan fingerprint density at radius 1 is 1.11 bits per heavy atom. The van der Waals surface area contributed by atoms with E-state index in [-0.39, 0.29) is 24.5 Å². The average Bonchev–Trinajstić information content (AvgIpc) is 2.83. The Morgan fingerprint density at radius 3 is 2.50 bits per heavy atom. The Morgan fingerprint density at radius 2 is 1.86 bits per heavy atom. The smallest absolute Gasteiger partial charge is 0.344 e. The summed E-state index contributed by atoms with van der Waals surface area (Å²) in [4.78, 5) is 51.1. The van der Waals surface area contributed by atoms with Gasteiger partial charge in [-0.15, -0.1) is 6.58 Å². The van der Waals surface area contributed by atoms with E-state index in [4.69, 9.17) is 14.2 Å². The molecule has 9 nitrogen and oxygen atoms in total. The van der Waals surface area contributed by atoms with Gasteiger partial charge in [-0.05, 0) is 74.2 Å². The maximum absolute atomic E-state index is 13.3. The van der Waals surface area contributed by atoms with Crippen LogP contribution in [0.2, 0.25) is 0 Å². The lowest BCUT2D eigenvalue weighted by Crippen LogP contribution is -2.54. The van der Waals surface area contributed by atoms with Crippen molar-refractivity contribution >= 4 is 35.6 Å². The summed E-state index contributed by atoms with van der Waals surface area (Å²) in [6.07, 6.45) is 3.38. The Labute approximate surface area is 209 Å². The average molecular weight is 493 g/mol. The Bertz CT molecular complexity index is 1260. The maximum atomic E-state index is 13.3. The molecule has 0 aromatic heterocycles. The number of esters is 1. The van der Waals surface area contributed by atoms with Crippen molar-refractivity contribution in [3.63, 3.8) is 0 Å². The van der Waals surface area contributed by atoms with E-state index < -0.39 is 23.8 Å². The number of carbonyl (C=O) groups is 4. The lowest BCUT2D eigenvalue weighted by atomic mass is 10.0. The number of allylic oxidation sites excluding steroid dienone is 1. The molecule has 1 saturated heterocycles. The topological polar surface area (TPSA) is 111 Å². The predicted octanol–water partition coefficient (Wildman–Crippen LogP) is 3.65. The Balaban J connectivity index is 2.02. The van der Waals surface area contributed by atoms with Crippen LogP contribution in [0.15, 0.2) is 48.6 Å². The van der Waals surface area contributed by atoms with Crippen LogP contribution in [0.25, 0.3) is 6.08 Å². The molecular formula is C27H28N2O7. The number of methoxy groups -OCH3 is 1. The fourth-order valence-electron chi connectivity index (χ4n) is 3.65. The molecule has 0 atom stereocenters. The molecule has 4 amide bonds. The van der Waals surface area contributed by atoms with Gasteiger partial charge in [-0.3, -0.25) is 14.9 Å². The van der Waals surface area contributed by atoms with E-state index >= 15 is 0 Å². The van der Waals surface area contributed by atoms with Crippen molar-refractivity contribution in [2.75, 3.05) is 25.2 Å². The van der Waals surface area contributed by atoms with Crippen LogP contribution in [0.5, 0.6) is 11.5 Å². The molecule has 0 spiro atoms. The number of imide groups is 2. The third-order valence-electron chi connectivity index (χ3n) is 5.54. The van der Waals surface area contributed by atoms with Gasteiger partial charge in [-0.25, -0.2) is 14.5 Å². The van der Waals surface area contributed by atoms with Crippen molar-refractivity contribution < 1.29 is 33.4 Å². The fraction of sp³-hybridized carbons (Fsp3) is 0.259. The van der Waals surface area contributed by atoms with Crippen LogP contribution in [0.4, 0.5) is 10.5 Å². The van der Waals surface area contributed by atoms with Crippen LogP contribution >= 0.6 is 0 Å². The summed E-state index contributed by atoms with van der Waals surface area (Å²) in [5.41, 5.74) is 3.10. The first-order valence-electron chi connectivity index (χ1n) is 11.3. The zero-order chi connectivity index (χ0) is 26.4. The number of hydrogen-bond acceptors (Lipinski definition) is 7. The Kier molecular flexibility index (Phi) is 8.26. The van der Waals surface area contributed by atoms with Crippen LogP contribution in [0.3, 0.4) is 0 Å². The van der Waals surface area contributed by atoms with Crippen molar-refractivity contribution in [1.82, 2.24) is 5.32 Å². The number of amides is 4. The number of anilines is 1. The van der Waals surface area contributed by atoms with Gasteiger partial charge in [-0.2, -0.15) is 0 Å². The largest absolute Gasteiger partial charge is 0.493 e. The van der Waals surface area contributed by atoms with Gasteiger partial charge >= 0.3 is 12.0 Å². The van der Waals surface area contributed by atoms with Crippen LogP contribution in [-0.4, -0.2) is 44.1 Å². The fourth-order valence-corrected chi connectivity index (χ4v) is 3.65. The van der Waals surface area contributed by atoms with Crippen molar-refractivity contribution in [1.29, 1.82) is 0 Å². The molecule has 0 bridgehead atoms. The highest BCUT2D eigenvalue weighted by Crippen LogP contribution is 2.35. The maximum Gasteiger partial charge on any atom is 0.344 e. The molecular weight excluding hydrogens is 464 g/mol. The third kappa shape index (κ3) is 5.63. The molecule has 1 aliphatic rings. The van der Waals surface area contributed by atoms with E-state index in [1.54, 1.807) is 43.3 Å². The van der Waals surface area contributed by atoms with Crippen LogP contribution in [0, 0.1) is 13.8 Å². The van der Waals surface area contributed by atoms with Crippen LogP contribution in [-0.2, 0) is 25.5 Å². The molecule has 1 N–H and O–H groups in total. The number of benzene rings is 2. The van der Waals surface area contributed by atoms with Crippen LogP contribution in [0.1, 0.15) is 29.2 Å². The summed E-state index contributed by atoms with van der Waals surface area (Å²) in [6.45, 7) is 9.13. The second kappa shape index (κ2) is 11.4. The first-order valence-corrected chi connectivity index (χ1v) is 11.3. The number of hydrogen-bond donors (Lipinski definition) is 1. The first kappa shape index (κ1) is 26.2. The van der Waals surface area contributed by atoms with Crippen molar-refractivity contribution in [2.24, 2.45) is 0 Å². The SMILES string of the molecule is C=CCc1cc(/C=C2\C(=O)NC(=O)N(c3ccc(C)c(C)c3)C2=O)cc(OC)c1OCC(=O)OCC. The number of rotatable bonds is 9. The monoisotopic (exact) mass is 492 g/mol. The molecule has 1 aliphatic heterocycles. The van der Waals surface area contributed by atoms with Gasteiger partial charge in [0.15, 0.2) is 18.1 Å². The number of aryl methyl sites for hydroxylation is 2. The molecule has 2 aromatic rings. The number of carbonyl (C=O) groups excluding carboxylic acids is 4. The highest BCUT2D eigenvalue weighted by Gasteiger charge is 2.37. The summed E-state index contributed by atoms with van der Waals surface area (Å²) < 4.78 is 16.0. The highest BCUT2D eigenvalue weighted by atomic mass is 16.6. The molecule has 2 aromatic carbocycles. The van der Waals surface area contributed by atoms with E-state index in [2.05, 4.69) is 11.9 Å². The molecule has 1 heterocycles. The van der Waals surface area contributed by atoms with Crippen LogP contribution < -0.4 is 19.7 Å². The molecule has 188 valence electrons. The lowest BCUT2D eigenvalue weighted by molar-refractivity contribution is -0.145. The molecule has 0 radical (unpaired) electrons. The zero-order valence-electron chi connectivity index (χ0n) is 20.7. The molecule has 0 aliphatic carbocycles. The Hall–Kier alpha value is -4.40. The van der Waals surface area contributed by atoms with E-state index in [1.165, 1.54) is 13.2 Å². The minimum atomic E-state index is -0.821. The first-order chi connectivity index (χ1) is 17.2. The van der Waals surface area contributed by atoms with Crippen molar-refractivity contribution in [3.05, 3.63) is 70.8 Å². The number of ether oxygens (including phenoxy) is 3. The number of urea groups is 1. The van der Waals surface area contributed by atoms with Gasteiger partial charge in [0.1, 0.15) is 5.57 Å². The van der Waals surface area contributed by atoms with Crippen molar-refractivity contribution in [2.45, 2.75) is 27.2 Å². The van der Waals surface area contributed by atoms with E-state index in [0.717, 1.165) is 16.0 Å². The zero-order valence-corrected chi connectivity index (χ0v) is 20.7. The second-order valence-corrected chi connectivity index (χ2v) is 8.02. The standard InChI is InChI=1S/C27H28N2O7/c1-6-8-19-12-18(14-22(34-5)24(19)36-15-23(30)35-7-2)13-21-25(31)28-27(33)29(26(21)32)20-10-9-16(3)17(4)11-20/h6,9-14H,1,7-8,15H2,2-5H3,(H,28,31,33)/b21-13+. The van der Waals surface area contributed by atoms with Gasteiger partial charge < -0.3 is 14.2 Å². The summed E-state index contributed by atoms with van der Waals surface area (Å²) in [5, 5.41) is 2.22. The van der Waals surface area contributed by atoms with Gasteiger partial charge in [0.2, 0.25) is 0 Å². The van der Waals surface area contributed by atoms with E-state index in [0.29, 0.717) is 29.0 Å². The number of barbiturate groups is 1. The van der Waals surface area contributed by atoms with E-state index in [9.17, 15) is 19.2 Å². The number of nitrogens with one attached hydrogen (secondary N) is 1. The van der Waals surface area contributed by atoms with Gasteiger partial charge in [0.05, 0.1) is 19.4 Å². The van der Waals surface area contributed by atoms with Gasteiger partial charge in [-0.1, -0.05) is 12.1 Å². The van der Waals surface area contributed by atoms with Gasteiger partial charge in [0.25, 0.3) is 11.8 Å². The molecule has 0 saturated carbocycles. The highest BCUT2D eigenvalue weighted by molar-refractivity contribution is 6.39. The summed E-state index contributed by atoms with van der Waals surface area (Å²) in [6, 6.07) is 7.59. The predicted molar refractivity (Wildman–Crippen MR) is 134 cm³/mol. The lowest BCUT2D eigenvalue weighted by Gasteiger charge is -2.27. The summed E-state index contributed by atoms with van der Waals surface area (Å²) in [7, 11) is 1.43. The third-order valence-corrected chi connectivity index (χ3v) is 5.54. The molecule has 9 heteroatoms. The summed E-state index contributed by atoms with van der Waals surface area (Å²) in [5.74, 6) is -1.48. The quantitative estimate of drug-likeness (QED) is 0.246. The second-order valence-electron chi connectivity index (χ2n) is 8.02. The minimum Gasteiger partial charge on any atom is -0.493 e. The van der Waals surface area contributed by atoms with Crippen molar-refractivity contribution in [3.8, 4) is 11.5 Å². The minimum absolute atomic E-state index is 0.223. The van der Waals surface area contributed by atoms with Gasteiger partial charge in [0, 0.05) is 5.56 Å². The molecule has 1 fully saturated rings. The summed E-state index contributed by atoms with van der Waals surface area (Å²) >= 11 is 0. The molecule has 3 rings (SSSR count). The van der Waals surface area contributed by atoms with E-state index in [1.807, 2.05) is 13.8 Å². The molecule has 36 heavy (non-hydrogen) atoms. The number of nitrogens with zero attached hydrogens (tertiary/aromatic N) is 1.